The molecule has 0 bridgehead atoms. The summed E-state index contributed by atoms with van der Waals surface area (Å²) >= 11 is 0. The lowest BCUT2D eigenvalue weighted by atomic mass is 10.1. The first-order valence-electron chi connectivity index (χ1n) is 8.54. The zero-order valence-corrected chi connectivity index (χ0v) is 16.2. The van der Waals surface area contributed by atoms with Gasteiger partial charge in [0.05, 0.1) is 12.8 Å². The number of carbonyl (C=O) groups is 1. The second-order valence-electron chi connectivity index (χ2n) is 6.14. The summed E-state index contributed by atoms with van der Waals surface area (Å²) in [6, 6.07) is 12.0. The minimum absolute atomic E-state index is 0.0776. The summed E-state index contributed by atoms with van der Waals surface area (Å²) in [4.78, 5) is 13.3. The first kappa shape index (κ1) is 18.9. The van der Waals surface area contributed by atoms with Gasteiger partial charge in [-0.1, -0.05) is 19.1 Å². The molecule has 0 unspecified atom stereocenters. The molecule has 1 N–H and O–H groups in total. The Morgan fingerprint density at radius 2 is 2.00 bits per heavy atom. The van der Waals surface area contributed by atoms with Gasteiger partial charge in [0.1, 0.15) is 10.6 Å². The van der Waals surface area contributed by atoms with Gasteiger partial charge in [0.2, 0.25) is 5.91 Å². The van der Waals surface area contributed by atoms with Crippen molar-refractivity contribution in [2.24, 2.45) is 4.40 Å². The highest BCUT2D eigenvalue weighted by atomic mass is 32.2. The van der Waals surface area contributed by atoms with Crippen LogP contribution in [0.1, 0.15) is 25.8 Å². The van der Waals surface area contributed by atoms with Crippen molar-refractivity contribution >= 4 is 33.1 Å². The normalized spacial score (nSPS) is 14.9. The Hall–Kier alpha value is -2.87. The number of hydrogen-bond donors (Lipinski definition) is 1. The summed E-state index contributed by atoms with van der Waals surface area (Å²) in [5, 5.41) is 2.61. The van der Waals surface area contributed by atoms with E-state index < -0.39 is 10.0 Å². The lowest BCUT2D eigenvalue weighted by Crippen LogP contribution is -2.37. The molecule has 27 heavy (non-hydrogen) atoms. The summed E-state index contributed by atoms with van der Waals surface area (Å²) in [6.07, 6.45) is 0.802. The molecule has 1 aliphatic rings. The minimum Gasteiger partial charge on any atom is -0.497 e. The number of fused-ring (bicyclic) bond motifs is 1. The van der Waals surface area contributed by atoms with Crippen molar-refractivity contribution < 1.29 is 17.9 Å². The van der Waals surface area contributed by atoms with Crippen LogP contribution >= 0.6 is 0 Å². The van der Waals surface area contributed by atoms with E-state index in [1.54, 1.807) is 43.5 Å². The van der Waals surface area contributed by atoms with Crippen molar-refractivity contribution in [1.29, 1.82) is 0 Å². The number of ether oxygens (including phenoxy) is 1. The van der Waals surface area contributed by atoms with E-state index in [1.807, 2.05) is 11.8 Å². The van der Waals surface area contributed by atoms with Crippen LogP contribution in [0.3, 0.4) is 0 Å². The zero-order valence-electron chi connectivity index (χ0n) is 15.4. The Morgan fingerprint density at radius 1 is 1.22 bits per heavy atom. The number of carbonyl (C=O) groups excluding carboxylic acids is 1. The van der Waals surface area contributed by atoms with Crippen LogP contribution in [0, 0.1) is 0 Å². The van der Waals surface area contributed by atoms with Crippen molar-refractivity contribution in [3.63, 3.8) is 0 Å². The first-order valence-corrected chi connectivity index (χ1v) is 9.98. The van der Waals surface area contributed by atoms with E-state index in [2.05, 4.69) is 9.71 Å². The Kier molecular flexibility index (Phi) is 5.18. The maximum atomic E-state index is 12.8. The standard InChI is InChI=1S/C19H21N3O4S/c1-4-10-22-17-9-8-15(20-13(2)23)12-18(17)27(24,25)21-19(22)14-6-5-7-16(11-14)26-3/h5-9,11-12H,4,10H2,1-3H3,(H,20,23). The average molecular weight is 387 g/mol. The molecule has 2 aromatic rings. The smallest absolute Gasteiger partial charge is 0.286 e. The van der Waals surface area contributed by atoms with E-state index in [0.29, 0.717) is 35.1 Å². The molecule has 8 heteroatoms. The Labute approximate surface area is 158 Å². The van der Waals surface area contributed by atoms with Crippen LogP contribution in [0.25, 0.3) is 0 Å². The van der Waals surface area contributed by atoms with E-state index in [-0.39, 0.29) is 10.8 Å². The van der Waals surface area contributed by atoms with Gasteiger partial charge in [-0.15, -0.1) is 4.40 Å². The van der Waals surface area contributed by atoms with Crippen LogP contribution in [-0.4, -0.2) is 33.8 Å². The highest BCUT2D eigenvalue weighted by Crippen LogP contribution is 2.35. The molecule has 0 spiro atoms. The number of nitrogens with one attached hydrogen (secondary N) is 1. The molecule has 0 atom stereocenters. The molecule has 3 rings (SSSR count). The molecule has 0 saturated carbocycles. The van der Waals surface area contributed by atoms with Crippen LogP contribution in [0.5, 0.6) is 5.75 Å². The van der Waals surface area contributed by atoms with Crippen molar-refractivity contribution in [3.8, 4) is 5.75 Å². The Morgan fingerprint density at radius 3 is 2.67 bits per heavy atom. The number of amidine groups is 1. The number of hydrogen-bond acceptors (Lipinski definition) is 5. The van der Waals surface area contributed by atoms with Gasteiger partial charge in [-0.3, -0.25) is 4.79 Å². The van der Waals surface area contributed by atoms with Gasteiger partial charge in [0, 0.05) is 24.7 Å². The zero-order chi connectivity index (χ0) is 19.6. The molecule has 0 aliphatic carbocycles. The lowest BCUT2D eigenvalue weighted by Gasteiger charge is -2.31. The van der Waals surface area contributed by atoms with Gasteiger partial charge in [0.25, 0.3) is 10.0 Å². The largest absolute Gasteiger partial charge is 0.497 e. The second-order valence-corrected chi connectivity index (χ2v) is 7.71. The number of anilines is 2. The molecule has 0 aromatic heterocycles. The monoisotopic (exact) mass is 387 g/mol. The van der Waals surface area contributed by atoms with E-state index in [1.165, 1.54) is 13.0 Å². The van der Waals surface area contributed by atoms with Gasteiger partial charge in [-0.05, 0) is 36.8 Å². The molecule has 1 amide bonds. The topological polar surface area (TPSA) is 88.1 Å². The molecule has 0 saturated heterocycles. The molecule has 0 fully saturated rings. The Bertz CT molecular complexity index is 1020. The third-order valence-corrected chi connectivity index (χ3v) is 5.38. The number of benzene rings is 2. The first-order chi connectivity index (χ1) is 12.9. The number of rotatable bonds is 5. The molecular weight excluding hydrogens is 366 g/mol. The van der Waals surface area contributed by atoms with Gasteiger partial charge in [-0.2, -0.15) is 8.42 Å². The van der Waals surface area contributed by atoms with Crippen molar-refractivity contribution in [2.75, 3.05) is 23.9 Å². The summed E-state index contributed by atoms with van der Waals surface area (Å²) < 4.78 is 35.0. The predicted octanol–water partition coefficient (Wildman–Crippen LogP) is 3.02. The fraction of sp³-hybridized carbons (Fsp3) is 0.263. The quantitative estimate of drug-likeness (QED) is 0.852. The fourth-order valence-electron chi connectivity index (χ4n) is 2.97. The van der Waals surface area contributed by atoms with E-state index in [9.17, 15) is 13.2 Å². The van der Waals surface area contributed by atoms with Crippen LogP contribution in [0.2, 0.25) is 0 Å². The van der Waals surface area contributed by atoms with E-state index in [0.717, 1.165) is 6.42 Å². The van der Waals surface area contributed by atoms with Gasteiger partial charge >= 0.3 is 0 Å². The predicted molar refractivity (Wildman–Crippen MR) is 105 cm³/mol. The second kappa shape index (κ2) is 7.40. The summed E-state index contributed by atoms with van der Waals surface area (Å²) in [5.74, 6) is 0.709. The van der Waals surface area contributed by atoms with Crippen LogP contribution < -0.4 is 15.0 Å². The van der Waals surface area contributed by atoms with Crippen molar-refractivity contribution in [2.45, 2.75) is 25.2 Å². The molecular formula is C19H21N3O4S. The third-order valence-electron chi connectivity index (χ3n) is 4.09. The Balaban J connectivity index is 2.16. The van der Waals surface area contributed by atoms with Crippen molar-refractivity contribution in [1.82, 2.24) is 0 Å². The average Bonchev–Trinajstić information content (AvgIpc) is 2.63. The SMILES string of the molecule is CCCN1C(c2cccc(OC)c2)=NS(=O)(=O)c2cc(NC(C)=O)ccc21. The van der Waals surface area contributed by atoms with Crippen molar-refractivity contribution in [3.05, 3.63) is 48.0 Å². The summed E-state index contributed by atoms with van der Waals surface area (Å²) in [5.41, 5.74) is 1.61. The lowest BCUT2D eigenvalue weighted by molar-refractivity contribution is -0.114. The van der Waals surface area contributed by atoms with Gasteiger partial charge in [-0.25, -0.2) is 0 Å². The maximum absolute atomic E-state index is 12.8. The molecule has 142 valence electrons. The van der Waals surface area contributed by atoms with E-state index >= 15 is 0 Å². The number of sulfonamides is 1. The van der Waals surface area contributed by atoms with Crippen LogP contribution in [0.4, 0.5) is 11.4 Å². The van der Waals surface area contributed by atoms with E-state index in [4.69, 9.17) is 4.74 Å². The van der Waals surface area contributed by atoms with Gasteiger partial charge in [0.15, 0.2) is 5.84 Å². The summed E-state index contributed by atoms with van der Waals surface area (Å²) in [6.45, 7) is 3.98. The highest BCUT2D eigenvalue weighted by molar-refractivity contribution is 7.90. The molecule has 0 radical (unpaired) electrons. The number of amides is 1. The molecule has 2 aromatic carbocycles. The number of methoxy groups -OCH3 is 1. The highest BCUT2D eigenvalue weighted by Gasteiger charge is 2.31. The van der Waals surface area contributed by atoms with Crippen LogP contribution in [-0.2, 0) is 14.8 Å². The van der Waals surface area contributed by atoms with Crippen LogP contribution in [0.15, 0.2) is 51.8 Å². The number of nitrogens with zero attached hydrogens (tertiary/aromatic N) is 2. The summed E-state index contributed by atoms with van der Waals surface area (Å²) in [7, 11) is -2.36. The molecule has 1 heterocycles. The molecule has 7 nitrogen and oxygen atoms in total. The third kappa shape index (κ3) is 3.80. The fourth-order valence-corrected chi connectivity index (χ4v) is 4.22. The minimum atomic E-state index is -3.91. The van der Waals surface area contributed by atoms with Gasteiger partial charge < -0.3 is 15.0 Å². The molecule has 1 aliphatic heterocycles. The maximum Gasteiger partial charge on any atom is 0.286 e.